The van der Waals surface area contributed by atoms with Crippen molar-refractivity contribution in [3.63, 3.8) is 0 Å². The quantitative estimate of drug-likeness (QED) is 0.295. The summed E-state index contributed by atoms with van der Waals surface area (Å²) in [4.78, 5) is 22.0. The van der Waals surface area contributed by atoms with Crippen molar-refractivity contribution in [3.05, 3.63) is 82.7 Å². The molecular weight excluding hydrogens is 462 g/mol. The largest absolute Gasteiger partial charge is 0.372 e. The molecule has 0 saturated carbocycles. The molecule has 1 amide bonds. The van der Waals surface area contributed by atoms with Crippen molar-refractivity contribution in [2.75, 3.05) is 31.1 Å². The first-order chi connectivity index (χ1) is 17.7. The lowest BCUT2D eigenvalue weighted by Gasteiger charge is -2.29. The van der Waals surface area contributed by atoms with Crippen LogP contribution in [0.25, 0.3) is 22.0 Å². The van der Waals surface area contributed by atoms with E-state index in [4.69, 9.17) is 4.98 Å². The maximum atomic E-state index is 12.8. The van der Waals surface area contributed by atoms with Gasteiger partial charge in [0.15, 0.2) is 0 Å². The summed E-state index contributed by atoms with van der Waals surface area (Å²) in [5, 5.41) is 5.56. The standard InChI is InChI=1S/C31H31N3OS/c1-3-33(4-2)27-15-12-25(13-16-27)29-22-36-31(32-29)26-18-20-34(21-19-26)30(35)17-14-24-10-7-9-23-8-5-6-11-28(23)24/h5-13,15-16,22,26H,3-4,18-21H2,1-2H3. The second kappa shape index (κ2) is 11.0. The van der Waals surface area contributed by atoms with Gasteiger partial charge in [-0.15, -0.1) is 11.3 Å². The molecule has 1 aliphatic heterocycles. The number of likely N-dealkylation sites (tertiary alicyclic amines) is 1. The summed E-state index contributed by atoms with van der Waals surface area (Å²) in [6.07, 6.45) is 1.85. The number of hydrogen-bond acceptors (Lipinski definition) is 4. The van der Waals surface area contributed by atoms with Crippen LogP contribution < -0.4 is 4.90 Å². The van der Waals surface area contributed by atoms with Crippen LogP contribution in [0.15, 0.2) is 72.1 Å². The lowest BCUT2D eigenvalue weighted by molar-refractivity contribution is -0.126. The highest BCUT2D eigenvalue weighted by molar-refractivity contribution is 7.10. The highest BCUT2D eigenvalue weighted by Gasteiger charge is 2.25. The zero-order chi connectivity index (χ0) is 24.9. The molecule has 0 atom stereocenters. The number of anilines is 1. The highest BCUT2D eigenvalue weighted by atomic mass is 32.1. The topological polar surface area (TPSA) is 36.4 Å². The molecule has 182 valence electrons. The average Bonchev–Trinajstić information content (AvgIpc) is 3.43. The van der Waals surface area contributed by atoms with Crippen LogP contribution in [0.2, 0.25) is 0 Å². The normalized spacial score (nSPS) is 13.9. The number of aromatic nitrogens is 1. The van der Waals surface area contributed by atoms with Crippen molar-refractivity contribution >= 4 is 33.7 Å². The maximum Gasteiger partial charge on any atom is 0.298 e. The summed E-state index contributed by atoms with van der Waals surface area (Å²) in [5.74, 6) is 6.30. The van der Waals surface area contributed by atoms with Gasteiger partial charge in [-0.1, -0.05) is 54.5 Å². The summed E-state index contributed by atoms with van der Waals surface area (Å²) in [5.41, 5.74) is 4.35. The zero-order valence-electron chi connectivity index (χ0n) is 20.9. The second-order valence-electron chi connectivity index (χ2n) is 9.13. The Balaban J connectivity index is 1.20. The predicted molar refractivity (Wildman–Crippen MR) is 150 cm³/mol. The minimum atomic E-state index is -0.0884. The van der Waals surface area contributed by atoms with E-state index in [-0.39, 0.29) is 5.91 Å². The fraction of sp³-hybridized carbons (Fsp3) is 0.290. The fourth-order valence-corrected chi connectivity index (χ4v) is 5.90. The smallest absolute Gasteiger partial charge is 0.298 e. The third-order valence-corrected chi connectivity index (χ3v) is 8.05. The Morgan fingerprint density at radius 2 is 1.72 bits per heavy atom. The molecule has 4 aromatic rings. The van der Waals surface area contributed by atoms with Gasteiger partial charge in [0.05, 0.1) is 10.7 Å². The number of carbonyl (C=O) groups excluding carboxylic acids is 1. The van der Waals surface area contributed by atoms with Gasteiger partial charge in [0.25, 0.3) is 5.91 Å². The van der Waals surface area contributed by atoms with Crippen molar-refractivity contribution in [2.45, 2.75) is 32.6 Å². The van der Waals surface area contributed by atoms with Crippen LogP contribution in [-0.2, 0) is 4.79 Å². The minimum Gasteiger partial charge on any atom is -0.372 e. The minimum absolute atomic E-state index is 0.0884. The molecular formula is C31H31N3OS. The molecule has 4 nitrogen and oxygen atoms in total. The number of benzene rings is 3. The van der Waals surface area contributed by atoms with E-state index in [9.17, 15) is 4.79 Å². The SMILES string of the molecule is CCN(CC)c1ccc(-c2csc(C3CCN(C(=O)C#Cc4cccc5ccccc45)CC3)n2)cc1. The first kappa shape index (κ1) is 24.1. The molecule has 0 unspecified atom stereocenters. The van der Waals surface area contributed by atoms with Crippen molar-refractivity contribution < 1.29 is 4.79 Å². The van der Waals surface area contributed by atoms with E-state index in [1.54, 1.807) is 11.3 Å². The van der Waals surface area contributed by atoms with E-state index in [0.29, 0.717) is 5.92 Å². The van der Waals surface area contributed by atoms with Crippen LogP contribution in [0.1, 0.15) is 43.2 Å². The Labute approximate surface area is 217 Å². The Bertz CT molecular complexity index is 1400. The molecule has 1 fully saturated rings. The van der Waals surface area contributed by atoms with Crippen molar-refractivity contribution in [2.24, 2.45) is 0 Å². The van der Waals surface area contributed by atoms with Crippen LogP contribution in [-0.4, -0.2) is 42.0 Å². The number of amides is 1. The molecule has 0 N–H and O–H groups in total. The lowest BCUT2D eigenvalue weighted by Crippen LogP contribution is -2.37. The zero-order valence-corrected chi connectivity index (χ0v) is 21.7. The number of carbonyl (C=O) groups is 1. The summed E-state index contributed by atoms with van der Waals surface area (Å²) in [6.45, 7) is 7.82. The van der Waals surface area contributed by atoms with E-state index in [2.05, 4.69) is 78.4 Å². The highest BCUT2D eigenvalue weighted by Crippen LogP contribution is 2.33. The third-order valence-electron chi connectivity index (χ3n) is 7.04. The van der Waals surface area contributed by atoms with Crippen LogP contribution >= 0.6 is 11.3 Å². The molecule has 1 aliphatic rings. The fourth-order valence-electron chi connectivity index (χ4n) is 4.90. The summed E-state index contributed by atoms with van der Waals surface area (Å²) in [6, 6.07) is 22.9. The maximum absolute atomic E-state index is 12.8. The van der Waals surface area contributed by atoms with Gasteiger partial charge in [-0.3, -0.25) is 4.79 Å². The Morgan fingerprint density at radius 1 is 1.00 bits per heavy atom. The molecule has 0 spiro atoms. The first-order valence-corrected chi connectivity index (χ1v) is 13.6. The second-order valence-corrected chi connectivity index (χ2v) is 10.0. The summed E-state index contributed by atoms with van der Waals surface area (Å²) < 4.78 is 0. The molecule has 5 rings (SSSR count). The van der Waals surface area contributed by atoms with Gasteiger partial charge in [0, 0.05) is 60.2 Å². The number of piperidine rings is 1. The monoisotopic (exact) mass is 493 g/mol. The third kappa shape index (κ3) is 5.15. The van der Waals surface area contributed by atoms with Crippen molar-refractivity contribution in [1.82, 2.24) is 9.88 Å². The molecule has 0 radical (unpaired) electrons. The van der Waals surface area contributed by atoms with Crippen LogP contribution in [0.4, 0.5) is 5.69 Å². The number of thiazole rings is 1. The van der Waals surface area contributed by atoms with Gasteiger partial charge in [0.1, 0.15) is 0 Å². The predicted octanol–water partition coefficient (Wildman–Crippen LogP) is 6.57. The summed E-state index contributed by atoms with van der Waals surface area (Å²) in [7, 11) is 0. The van der Waals surface area contributed by atoms with Crippen molar-refractivity contribution in [3.8, 4) is 23.1 Å². The Morgan fingerprint density at radius 3 is 2.47 bits per heavy atom. The molecule has 5 heteroatoms. The van der Waals surface area contributed by atoms with E-state index in [1.807, 2.05) is 29.2 Å². The van der Waals surface area contributed by atoms with E-state index >= 15 is 0 Å². The Kier molecular flexibility index (Phi) is 7.34. The molecule has 36 heavy (non-hydrogen) atoms. The van der Waals surface area contributed by atoms with E-state index < -0.39 is 0 Å². The summed E-state index contributed by atoms with van der Waals surface area (Å²) >= 11 is 1.74. The number of fused-ring (bicyclic) bond motifs is 1. The number of nitrogens with zero attached hydrogens (tertiary/aromatic N) is 3. The molecule has 0 bridgehead atoms. The van der Waals surface area contributed by atoms with Crippen molar-refractivity contribution in [1.29, 1.82) is 0 Å². The molecule has 2 heterocycles. The van der Waals surface area contributed by atoms with E-state index in [1.165, 1.54) is 10.7 Å². The molecule has 1 aromatic heterocycles. The van der Waals surface area contributed by atoms with Gasteiger partial charge in [-0.2, -0.15) is 0 Å². The molecule has 3 aromatic carbocycles. The van der Waals surface area contributed by atoms with Gasteiger partial charge < -0.3 is 9.80 Å². The number of hydrogen-bond donors (Lipinski definition) is 0. The van der Waals surface area contributed by atoms with Gasteiger partial charge >= 0.3 is 0 Å². The van der Waals surface area contributed by atoms with Gasteiger partial charge in [-0.05, 0) is 55.7 Å². The average molecular weight is 494 g/mol. The molecule has 0 aliphatic carbocycles. The Hall–Kier alpha value is -3.62. The van der Waals surface area contributed by atoms with Gasteiger partial charge in [0.2, 0.25) is 0 Å². The first-order valence-electron chi connectivity index (χ1n) is 12.8. The van der Waals surface area contributed by atoms with Gasteiger partial charge in [-0.25, -0.2) is 4.98 Å². The number of rotatable bonds is 5. The lowest BCUT2D eigenvalue weighted by atomic mass is 9.97. The van der Waals surface area contributed by atoms with E-state index in [0.717, 1.165) is 66.6 Å². The van der Waals surface area contributed by atoms with Crippen LogP contribution in [0.5, 0.6) is 0 Å². The van der Waals surface area contributed by atoms with Crippen LogP contribution in [0.3, 0.4) is 0 Å². The van der Waals surface area contributed by atoms with Crippen LogP contribution in [0, 0.1) is 11.8 Å². The molecule has 1 saturated heterocycles.